The smallest absolute Gasteiger partial charge is 0.310 e. The molecule has 4 atom stereocenters. The molecule has 2 amide bonds. The summed E-state index contributed by atoms with van der Waals surface area (Å²) >= 11 is 0.906. The van der Waals surface area contributed by atoms with Crippen molar-refractivity contribution in [3.05, 3.63) is 65.9 Å². The van der Waals surface area contributed by atoms with Crippen molar-refractivity contribution in [3.8, 4) is 0 Å². The fourth-order valence-electron chi connectivity index (χ4n) is 6.33. The molecule has 6 rings (SSSR count). The highest BCUT2D eigenvalue weighted by molar-refractivity contribution is 8.15. The molecule has 0 spiro atoms. The zero-order valence-corrected chi connectivity index (χ0v) is 23.9. The Morgan fingerprint density at radius 3 is 2.42 bits per heavy atom. The molecule has 208 valence electrons. The molecule has 3 aromatic rings. The van der Waals surface area contributed by atoms with Crippen molar-refractivity contribution in [1.82, 2.24) is 14.8 Å². The number of esters is 1. The van der Waals surface area contributed by atoms with Crippen LogP contribution in [0.4, 0.5) is 5.69 Å². The van der Waals surface area contributed by atoms with Gasteiger partial charge in [-0.15, -0.1) is 0 Å². The predicted octanol–water partition coefficient (Wildman–Crippen LogP) is 4.05. The van der Waals surface area contributed by atoms with Crippen LogP contribution in [0.3, 0.4) is 0 Å². The van der Waals surface area contributed by atoms with Crippen molar-refractivity contribution in [1.29, 1.82) is 0 Å². The first kappa shape index (κ1) is 26.4. The van der Waals surface area contributed by atoms with Gasteiger partial charge in [0.1, 0.15) is 6.17 Å². The van der Waals surface area contributed by atoms with Crippen molar-refractivity contribution in [2.24, 2.45) is 11.8 Å². The first-order valence-corrected chi connectivity index (χ1v) is 14.3. The van der Waals surface area contributed by atoms with Gasteiger partial charge in [0, 0.05) is 42.2 Å². The molecule has 0 radical (unpaired) electrons. The number of amides is 2. The fourth-order valence-corrected chi connectivity index (χ4v) is 7.73. The molecular formula is C30H32N4O5S. The maximum absolute atomic E-state index is 14.4. The number of likely N-dealkylation sites (N-methyl/N-ethyl adjacent to an activating group) is 1. The number of anilines is 1. The van der Waals surface area contributed by atoms with Gasteiger partial charge >= 0.3 is 5.97 Å². The van der Waals surface area contributed by atoms with Crippen molar-refractivity contribution in [2.75, 3.05) is 12.4 Å². The number of H-pyrrole nitrogens is 1. The lowest BCUT2D eigenvalue weighted by molar-refractivity contribution is -0.189. The number of para-hydroxylation sites is 2. The quantitative estimate of drug-likeness (QED) is 0.453. The summed E-state index contributed by atoms with van der Waals surface area (Å²) < 4.78 is 5.62. The topological polar surface area (TPSA) is 112 Å². The van der Waals surface area contributed by atoms with E-state index < -0.39 is 46.4 Å². The van der Waals surface area contributed by atoms with Crippen LogP contribution in [0.25, 0.3) is 10.9 Å². The Hall–Kier alpha value is -3.79. The summed E-state index contributed by atoms with van der Waals surface area (Å²) in [7, 11) is 1.46. The Balaban J connectivity index is 1.60. The lowest BCUT2D eigenvalue weighted by Crippen LogP contribution is -2.70. The summed E-state index contributed by atoms with van der Waals surface area (Å²) in [5.74, 6) is -2.41. The van der Waals surface area contributed by atoms with E-state index in [1.54, 1.807) is 27.7 Å². The average Bonchev–Trinajstić information content (AvgIpc) is 3.57. The molecule has 0 bridgehead atoms. The summed E-state index contributed by atoms with van der Waals surface area (Å²) in [6.45, 7) is 6.90. The molecular weight excluding hydrogens is 528 g/mol. The first-order valence-electron chi connectivity index (χ1n) is 13.5. The average molecular weight is 561 g/mol. The fraction of sp³-hybridized carbons (Fsp3) is 0.400. The monoisotopic (exact) mass is 560 g/mol. The van der Waals surface area contributed by atoms with E-state index in [4.69, 9.17) is 4.74 Å². The summed E-state index contributed by atoms with van der Waals surface area (Å²) in [5.41, 5.74) is 2.77. The Labute approximate surface area is 236 Å². The van der Waals surface area contributed by atoms with Crippen molar-refractivity contribution in [3.63, 3.8) is 0 Å². The number of nitrogens with zero attached hydrogens (tertiary/aromatic N) is 2. The van der Waals surface area contributed by atoms with E-state index >= 15 is 0 Å². The van der Waals surface area contributed by atoms with Gasteiger partial charge in [0.25, 0.3) is 18.0 Å². The molecule has 0 aliphatic carbocycles. The van der Waals surface area contributed by atoms with Crippen LogP contribution in [0.2, 0.25) is 0 Å². The molecule has 9 nitrogen and oxygen atoms in total. The van der Waals surface area contributed by atoms with E-state index in [-0.39, 0.29) is 17.5 Å². The minimum Gasteiger partial charge on any atom is -0.431 e. The minimum atomic E-state index is -1.54. The molecule has 0 saturated carbocycles. The van der Waals surface area contributed by atoms with E-state index in [1.165, 1.54) is 16.8 Å². The van der Waals surface area contributed by atoms with Crippen LogP contribution in [0.1, 0.15) is 45.2 Å². The molecule has 40 heavy (non-hydrogen) atoms. The number of fused-ring (bicyclic) bond motifs is 6. The highest BCUT2D eigenvalue weighted by Crippen LogP contribution is 2.63. The molecule has 10 heteroatoms. The Bertz CT molecular complexity index is 1570. The number of carbonyl (C=O) groups excluding carboxylic acids is 4. The molecule has 2 fully saturated rings. The summed E-state index contributed by atoms with van der Waals surface area (Å²) in [5, 5.41) is 4.31. The van der Waals surface area contributed by atoms with Gasteiger partial charge in [-0.25, -0.2) is 0 Å². The summed E-state index contributed by atoms with van der Waals surface area (Å²) in [6.07, 6.45) is -0.0341. The first-order chi connectivity index (χ1) is 19.0. The van der Waals surface area contributed by atoms with E-state index in [9.17, 15) is 19.2 Å². The zero-order valence-electron chi connectivity index (χ0n) is 23.1. The van der Waals surface area contributed by atoms with Crippen LogP contribution >= 0.6 is 11.8 Å². The lowest BCUT2D eigenvalue weighted by atomic mass is 9.72. The molecule has 2 saturated heterocycles. The Morgan fingerprint density at radius 2 is 1.70 bits per heavy atom. The molecule has 2 aromatic carbocycles. The number of ether oxygens (including phenoxy) is 1. The molecule has 2 N–H and O–H groups in total. The number of benzene rings is 2. The number of aromatic amines is 1. The minimum absolute atomic E-state index is 0.166. The normalized spacial score (nSPS) is 27.2. The van der Waals surface area contributed by atoms with Crippen LogP contribution in [0, 0.1) is 11.8 Å². The van der Waals surface area contributed by atoms with Crippen LogP contribution in [-0.4, -0.2) is 62.0 Å². The van der Waals surface area contributed by atoms with E-state index in [1.807, 2.05) is 54.7 Å². The largest absolute Gasteiger partial charge is 0.431 e. The van der Waals surface area contributed by atoms with Gasteiger partial charge in [0.2, 0.25) is 0 Å². The third-order valence-electron chi connectivity index (χ3n) is 8.30. The maximum atomic E-state index is 14.4. The van der Waals surface area contributed by atoms with Crippen molar-refractivity contribution < 1.29 is 23.9 Å². The van der Waals surface area contributed by atoms with Crippen molar-refractivity contribution >= 4 is 51.3 Å². The maximum Gasteiger partial charge on any atom is 0.310 e. The number of piperazine rings is 1. The lowest BCUT2D eigenvalue weighted by Gasteiger charge is -2.47. The van der Waals surface area contributed by atoms with Crippen molar-refractivity contribution in [2.45, 2.75) is 56.8 Å². The summed E-state index contributed by atoms with van der Waals surface area (Å²) in [6, 6.07) is 15.7. The van der Waals surface area contributed by atoms with E-state index in [0.717, 1.165) is 39.5 Å². The number of hydrogen-bond donors (Lipinski definition) is 2. The molecule has 3 aliphatic rings. The van der Waals surface area contributed by atoms with Gasteiger partial charge < -0.3 is 15.0 Å². The van der Waals surface area contributed by atoms with Gasteiger partial charge in [0.15, 0.2) is 9.99 Å². The molecule has 4 heterocycles. The second-order valence-electron chi connectivity index (χ2n) is 11.4. The van der Waals surface area contributed by atoms with Gasteiger partial charge in [0.05, 0.1) is 11.3 Å². The van der Waals surface area contributed by atoms with Gasteiger partial charge in [-0.05, 0) is 35.0 Å². The van der Waals surface area contributed by atoms with Crippen LogP contribution in [0.15, 0.2) is 54.7 Å². The van der Waals surface area contributed by atoms with Crippen LogP contribution < -0.4 is 5.32 Å². The standard InChI is InChI=1S/C30H32N4O5S/c1-16(2)25(36)39-24-23(35)34-27-29(19-11-7-9-13-22(19)32-27,20-14-31-21-12-8-6-10-18(20)21)15-30(34,28(38)33(24)5)40-26(37)17(3)4/h6-14,16-17,24,27,31-32H,15H2,1-5H3. The van der Waals surface area contributed by atoms with Gasteiger partial charge in [-0.1, -0.05) is 64.1 Å². The highest BCUT2D eigenvalue weighted by atomic mass is 32.2. The third kappa shape index (κ3) is 3.47. The Kier molecular flexibility index (Phi) is 6.03. The molecule has 3 aliphatic heterocycles. The van der Waals surface area contributed by atoms with Crippen LogP contribution in [0.5, 0.6) is 0 Å². The number of rotatable bonds is 5. The van der Waals surface area contributed by atoms with Crippen LogP contribution in [-0.2, 0) is 29.3 Å². The number of hydrogen-bond acceptors (Lipinski definition) is 7. The zero-order chi connectivity index (χ0) is 28.6. The van der Waals surface area contributed by atoms with Gasteiger partial charge in [-0.2, -0.15) is 0 Å². The van der Waals surface area contributed by atoms with E-state index in [0.29, 0.717) is 0 Å². The molecule has 4 unspecified atom stereocenters. The Morgan fingerprint density at radius 1 is 1.00 bits per heavy atom. The van der Waals surface area contributed by atoms with E-state index in [2.05, 4.69) is 10.3 Å². The second kappa shape index (κ2) is 9.12. The number of aromatic nitrogens is 1. The second-order valence-corrected chi connectivity index (χ2v) is 12.7. The number of carbonyl (C=O) groups is 4. The SMILES string of the molecule is CC(C)C(=O)OC1C(=O)N2C3Nc4ccccc4C3(c3c[nH]c4ccccc34)CC2(SC(=O)C(C)C)C(=O)N1C. The molecule has 1 aromatic heterocycles. The van der Waals surface area contributed by atoms with Gasteiger partial charge in [-0.3, -0.25) is 29.0 Å². The number of nitrogens with one attached hydrogen (secondary N) is 2. The predicted molar refractivity (Wildman–Crippen MR) is 152 cm³/mol. The highest BCUT2D eigenvalue weighted by Gasteiger charge is 2.73. The third-order valence-corrected chi connectivity index (χ3v) is 9.82. The summed E-state index contributed by atoms with van der Waals surface area (Å²) in [4.78, 5) is 59.4. The number of thioether (sulfide) groups is 1.